The van der Waals surface area contributed by atoms with E-state index in [9.17, 15) is 19.2 Å². The number of hydrogen-bond donors (Lipinski definition) is 0. The van der Waals surface area contributed by atoms with Crippen LogP contribution in [0.25, 0.3) is 0 Å². The van der Waals surface area contributed by atoms with Crippen LogP contribution in [-0.2, 0) is 47.6 Å². The number of allylic oxidation sites excluding steroid dienone is 1. The largest absolute Gasteiger partial charge is 0.462 e. The van der Waals surface area contributed by atoms with E-state index in [2.05, 4.69) is 0 Å². The zero-order valence-corrected chi connectivity index (χ0v) is 21.7. The molecule has 1 saturated carbocycles. The van der Waals surface area contributed by atoms with Crippen LogP contribution in [0.2, 0.25) is 0 Å². The van der Waals surface area contributed by atoms with E-state index in [0.717, 1.165) is 5.57 Å². The normalized spacial score (nSPS) is 50.0. The molecule has 0 aromatic heterocycles. The number of ether oxygens (including phenoxy) is 6. The van der Waals surface area contributed by atoms with Gasteiger partial charge in [-0.3, -0.25) is 14.4 Å². The predicted octanol–water partition coefficient (Wildman–Crippen LogP) is 2.16. The molecule has 36 heavy (non-hydrogen) atoms. The summed E-state index contributed by atoms with van der Waals surface area (Å²) in [6.07, 6.45) is -0.313. The van der Waals surface area contributed by atoms with E-state index in [0.29, 0.717) is 19.3 Å². The molecule has 4 fully saturated rings. The lowest BCUT2D eigenvalue weighted by atomic mass is 9.53. The van der Waals surface area contributed by atoms with Gasteiger partial charge in [-0.1, -0.05) is 12.5 Å². The van der Waals surface area contributed by atoms with Crippen LogP contribution >= 0.6 is 0 Å². The van der Waals surface area contributed by atoms with Gasteiger partial charge in [-0.25, -0.2) is 4.79 Å². The van der Waals surface area contributed by atoms with E-state index in [1.54, 1.807) is 6.92 Å². The third kappa shape index (κ3) is 3.29. The van der Waals surface area contributed by atoms with E-state index in [-0.39, 0.29) is 6.10 Å². The van der Waals surface area contributed by atoms with Crippen LogP contribution in [0.4, 0.5) is 0 Å². The summed E-state index contributed by atoms with van der Waals surface area (Å²) < 4.78 is 36.0. The smallest absolute Gasteiger partial charge is 0.342 e. The molecule has 10 nitrogen and oxygen atoms in total. The Labute approximate surface area is 209 Å². The molecule has 0 bridgehead atoms. The summed E-state index contributed by atoms with van der Waals surface area (Å²) in [6.45, 7) is 11.3. The van der Waals surface area contributed by atoms with Gasteiger partial charge >= 0.3 is 23.9 Å². The zero-order valence-electron chi connectivity index (χ0n) is 21.7. The summed E-state index contributed by atoms with van der Waals surface area (Å²) in [5.41, 5.74) is -3.59. The van der Waals surface area contributed by atoms with Gasteiger partial charge in [0.1, 0.15) is 18.3 Å². The fourth-order valence-electron chi connectivity index (χ4n) is 7.29. The first-order valence-corrected chi connectivity index (χ1v) is 12.5. The lowest BCUT2D eigenvalue weighted by Gasteiger charge is -2.54. The van der Waals surface area contributed by atoms with E-state index >= 15 is 0 Å². The van der Waals surface area contributed by atoms with Crippen molar-refractivity contribution in [2.75, 3.05) is 0 Å². The number of fused-ring (bicyclic) bond motifs is 3. The average Bonchev–Trinajstić information content (AvgIpc) is 3.58. The Bertz CT molecular complexity index is 1070. The van der Waals surface area contributed by atoms with Gasteiger partial charge in [-0.15, -0.1) is 0 Å². The van der Waals surface area contributed by atoms with E-state index in [1.165, 1.54) is 20.8 Å². The second kappa shape index (κ2) is 7.77. The summed E-state index contributed by atoms with van der Waals surface area (Å²) in [5, 5.41) is 0. The van der Waals surface area contributed by atoms with Crippen molar-refractivity contribution in [3.8, 4) is 0 Å². The average molecular weight is 507 g/mol. The summed E-state index contributed by atoms with van der Waals surface area (Å²) in [7, 11) is 0. The highest BCUT2D eigenvalue weighted by atomic mass is 16.7. The monoisotopic (exact) mass is 506 g/mol. The maximum atomic E-state index is 13.0. The number of carbonyl (C=O) groups excluding carboxylic acids is 4. The first-order valence-electron chi connectivity index (χ1n) is 12.5. The lowest BCUT2D eigenvalue weighted by Crippen LogP contribution is -2.66. The van der Waals surface area contributed by atoms with Crippen molar-refractivity contribution in [3.05, 3.63) is 11.6 Å². The number of hydrogen-bond acceptors (Lipinski definition) is 10. The highest BCUT2D eigenvalue weighted by Gasteiger charge is 2.89. The number of rotatable bonds is 3. The van der Waals surface area contributed by atoms with E-state index in [1.807, 2.05) is 26.8 Å². The Hall–Kier alpha value is -2.46. The molecule has 3 heterocycles. The van der Waals surface area contributed by atoms with Crippen molar-refractivity contribution < 1.29 is 47.6 Å². The van der Waals surface area contributed by atoms with Gasteiger partial charge in [0.25, 0.3) is 0 Å². The maximum Gasteiger partial charge on any atom is 0.342 e. The minimum Gasteiger partial charge on any atom is -0.462 e. The van der Waals surface area contributed by atoms with Gasteiger partial charge in [-0.2, -0.15) is 0 Å². The fraction of sp³-hybridized carbons (Fsp3) is 0.769. The molecule has 5 rings (SSSR count). The van der Waals surface area contributed by atoms with Gasteiger partial charge < -0.3 is 28.4 Å². The summed E-state index contributed by atoms with van der Waals surface area (Å²) in [6, 6.07) is 0. The highest BCUT2D eigenvalue weighted by molar-refractivity contribution is 5.89. The van der Waals surface area contributed by atoms with Crippen LogP contribution in [-0.4, -0.2) is 71.2 Å². The van der Waals surface area contributed by atoms with Crippen LogP contribution in [0.15, 0.2) is 11.6 Å². The number of epoxide rings is 2. The molecule has 0 N–H and O–H groups in total. The quantitative estimate of drug-likeness (QED) is 0.243. The van der Waals surface area contributed by atoms with Crippen LogP contribution < -0.4 is 0 Å². The molecule has 198 valence electrons. The summed E-state index contributed by atoms with van der Waals surface area (Å²) >= 11 is 0. The Morgan fingerprint density at radius 3 is 2.17 bits per heavy atom. The first kappa shape index (κ1) is 25.2. The van der Waals surface area contributed by atoms with Gasteiger partial charge in [0.15, 0.2) is 17.3 Å². The molecule has 1 spiro atoms. The second-order valence-electron chi connectivity index (χ2n) is 11.4. The molecule has 3 aliphatic heterocycles. The second-order valence-corrected chi connectivity index (χ2v) is 11.4. The Kier molecular flexibility index (Phi) is 5.44. The first-order chi connectivity index (χ1) is 16.7. The standard InChI is InChI=1S/C26H34O10/c1-12-8-9-16(31-13(2)27)23(5)17(32-14(3)28)11-18-24(6,35-18)20(23)21(33-15(4)29)26-19(10-12)34-22(30)25(26,7)36-26/h10,16-21H,8-9,11H2,1-7H3/b12-10-/t16-,17+,18-,19+,20-,21?,23+,24-,25+,26+/m1/s1. The van der Waals surface area contributed by atoms with Crippen LogP contribution in [0.3, 0.4) is 0 Å². The van der Waals surface area contributed by atoms with Crippen molar-refractivity contribution >= 4 is 23.9 Å². The molecule has 5 aliphatic rings. The maximum absolute atomic E-state index is 13.0. The van der Waals surface area contributed by atoms with E-state index < -0.39 is 76.4 Å². The molecule has 0 aromatic rings. The molecule has 2 aliphatic carbocycles. The Balaban J connectivity index is 1.75. The minimum absolute atomic E-state index is 0.283. The molecule has 10 heteroatoms. The van der Waals surface area contributed by atoms with Crippen molar-refractivity contribution in [2.24, 2.45) is 11.3 Å². The summed E-state index contributed by atoms with van der Waals surface area (Å²) in [5.74, 6) is -2.71. The van der Waals surface area contributed by atoms with Gasteiger partial charge in [0.05, 0.1) is 17.1 Å². The molecule has 10 atom stereocenters. The SMILES string of the molecule is CC(=O)OC1[C@H]2[C@]3(C)O[C@@H]3C[C@H](OC(C)=O)[C@]2(C)[C@H](OC(C)=O)CC/C(C)=C\[C@@H]2OC(=O)[C@]3(C)O[C@]123. The number of carbonyl (C=O) groups is 4. The van der Waals surface area contributed by atoms with Gasteiger partial charge in [-0.05, 0) is 39.7 Å². The molecule has 0 amide bonds. The topological polar surface area (TPSA) is 130 Å². The summed E-state index contributed by atoms with van der Waals surface area (Å²) in [4.78, 5) is 50.1. The van der Waals surface area contributed by atoms with Crippen molar-refractivity contribution in [2.45, 2.75) is 115 Å². The van der Waals surface area contributed by atoms with Crippen molar-refractivity contribution in [3.63, 3.8) is 0 Å². The Morgan fingerprint density at radius 2 is 1.58 bits per heavy atom. The van der Waals surface area contributed by atoms with Crippen LogP contribution in [0.5, 0.6) is 0 Å². The highest BCUT2D eigenvalue weighted by Crippen LogP contribution is 2.69. The van der Waals surface area contributed by atoms with Gasteiger partial charge in [0.2, 0.25) is 0 Å². The fourth-order valence-corrected chi connectivity index (χ4v) is 7.29. The third-order valence-electron chi connectivity index (χ3n) is 9.08. The van der Waals surface area contributed by atoms with E-state index in [4.69, 9.17) is 28.4 Å². The predicted molar refractivity (Wildman–Crippen MR) is 121 cm³/mol. The zero-order chi connectivity index (χ0) is 26.4. The van der Waals surface area contributed by atoms with Crippen molar-refractivity contribution in [1.29, 1.82) is 0 Å². The minimum atomic E-state index is -1.33. The van der Waals surface area contributed by atoms with Crippen molar-refractivity contribution in [1.82, 2.24) is 0 Å². The number of esters is 4. The van der Waals surface area contributed by atoms with Crippen LogP contribution in [0.1, 0.15) is 67.7 Å². The Morgan fingerprint density at radius 1 is 0.972 bits per heavy atom. The lowest BCUT2D eigenvalue weighted by molar-refractivity contribution is -0.212. The third-order valence-corrected chi connectivity index (χ3v) is 9.08. The molecule has 0 radical (unpaired) electrons. The molecular weight excluding hydrogens is 472 g/mol. The van der Waals surface area contributed by atoms with Crippen LogP contribution in [0, 0.1) is 11.3 Å². The molecular formula is C26H34O10. The molecule has 0 aromatic carbocycles. The molecule has 1 unspecified atom stereocenters. The van der Waals surface area contributed by atoms with Gasteiger partial charge in [0, 0.05) is 33.1 Å². The molecule has 3 saturated heterocycles.